The molecule has 9 heteroatoms. The molecule has 29 heavy (non-hydrogen) atoms. The number of hydrogen-bond donors (Lipinski definition) is 1. The molecule has 1 saturated heterocycles. The van der Waals surface area contributed by atoms with Crippen LogP contribution in [-0.2, 0) is 20.8 Å². The van der Waals surface area contributed by atoms with Gasteiger partial charge in [-0.15, -0.1) is 23.5 Å². The number of benzene rings is 1. The lowest BCUT2D eigenvalue weighted by Gasteiger charge is -2.48. The molecule has 1 aliphatic rings. The number of likely N-dealkylation sites (N-methyl/N-ethyl adjacent to an activating group) is 2. The molecule has 0 bridgehead atoms. The molecular weight excluding hydrogens is 412 g/mol. The smallest absolute Gasteiger partial charge is 0.331 e. The van der Waals surface area contributed by atoms with E-state index in [2.05, 4.69) is 0 Å². The maximum atomic E-state index is 13.2. The topological polar surface area (TPSA) is 87.1 Å². The number of piperazine rings is 1. The number of ether oxygens (including phenoxy) is 1. The van der Waals surface area contributed by atoms with Crippen LogP contribution in [0.1, 0.15) is 12.5 Å². The minimum absolute atomic E-state index is 0.0884. The summed E-state index contributed by atoms with van der Waals surface area (Å²) < 4.78 is 5.54. The van der Waals surface area contributed by atoms with Crippen LogP contribution >= 0.6 is 23.5 Å². The normalized spacial score (nSPS) is 22.8. The molecule has 7 nitrogen and oxygen atoms in total. The molecule has 1 aromatic rings. The first-order chi connectivity index (χ1) is 13.7. The Balaban J connectivity index is 2.16. The Bertz CT molecular complexity index is 812. The number of carbonyl (C=O) groups excluding carboxylic acids is 2. The number of aliphatic carboxylic acids is 1. The highest BCUT2D eigenvalue weighted by Gasteiger charge is 2.53. The van der Waals surface area contributed by atoms with Gasteiger partial charge in [0, 0.05) is 26.1 Å². The van der Waals surface area contributed by atoms with Crippen molar-refractivity contribution in [2.45, 2.75) is 23.6 Å². The minimum atomic E-state index is -0.998. The second-order valence-electron chi connectivity index (χ2n) is 6.71. The number of carbonyl (C=O) groups is 3. The molecule has 0 spiro atoms. The second-order valence-corrected chi connectivity index (χ2v) is 8.72. The number of rotatable bonds is 8. The highest BCUT2D eigenvalue weighted by atomic mass is 32.2. The summed E-state index contributed by atoms with van der Waals surface area (Å²) in [5, 5.41) is 8.34. The zero-order valence-corrected chi connectivity index (χ0v) is 18.8. The van der Waals surface area contributed by atoms with Crippen molar-refractivity contribution in [2.75, 3.05) is 33.2 Å². The molecular formula is C20H26N2O5S2. The highest BCUT2D eigenvalue weighted by molar-refractivity contribution is 8.01. The van der Waals surface area contributed by atoms with Gasteiger partial charge < -0.3 is 19.6 Å². The van der Waals surface area contributed by atoms with Gasteiger partial charge in [0.15, 0.2) is 10.2 Å². The van der Waals surface area contributed by atoms with Crippen LogP contribution in [0.5, 0.6) is 5.75 Å². The Hall–Kier alpha value is -2.13. The molecule has 1 N–H and O–H groups in total. The summed E-state index contributed by atoms with van der Waals surface area (Å²) in [5.41, 5.74) is 1.12. The van der Waals surface area contributed by atoms with E-state index in [4.69, 9.17) is 9.84 Å². The molecule has 2 rings (SSSR count). The molecule has 0 aliphatic carbocycles. The van der Waals surface area contributed by atoms with E-state index in [1.54, 1.807) is 31.1 Å². The zero-order chi connectivity index (χ0) is 21.8. The lowest BCUT2D eigenvalue weighted by atomic mass is 10.0. The van der Waals surface area contributed by atoms with E-state index in [9.17, 15) is 14.4 Å². The number of thioether (sulfide) groups is 2. The summed E-state index contributed by atoms with van der Waals surface area (Å²) in [6, 6.07) is 7.26. The molecule has 1 fully saturated rings. The molecule has 0 saturated carbocycles. The van der Waals surface area contributed by atoms with Gasteiger partial charge >= 0.3 is 5.97 Å². The molecule has 0 radical (unpaired) electrons. The van der Waals surface area contributed by atoms with Crippen molar-refractivity contribution >= 4 is 41.3 Å². The van der Waals surface area contributed by atoms with Gasteiger partial charge in [0.2, 0.25) is 0 Å². The van der Waals surface area contributed by atoms with Gasteiger partial charge in [-0.3, -0.25) is 9.59 Å². The predicted molar refractivity (Wildman–Crippen MR) is 116 cm³/mol. The van der Waals surface area contributed by atoms with Gasteiger partial charge in [-0.2, -0.15) is 0 Å². The zero-order valence-electron chi connectivity index (χ0n) is 17.2. The fourth-order valence-corrected chi connectivity index (χ4v) is 4.88. The van der Waals surface area contributed by atoms with Crippen molar-refractivity contribution < 1.29 is 24.2 Å². The van der Waals surface area contributed by atoms with Gasteiger partial charge in [0.1, 0.15) is 12.4 Å². The third kappa shape index (κ3) is 4.72. The summed E-state index contributed by atoms with van der Waals surface area (Å²) in [4.78, 5) is 38.8. The van der Waals surface area contributed by atoms with Crippen molar-refractivity contribution in [3.8, 4) is 5.75 Å². The van der Waals surface area contributed by atoms with Crippen LogP contribution in [0.3, 0.4) is 0 Å². The van der Waals surface area contributed by atoms with Gasteiger partial charge in [-0.1, -0.05) is 12.1 Å². The third-order valence-corrected chi connectivity index (χ3v) is 7.23. The van der Waals surface area contributed by atoms with E-state index in [1.165, 1.54) is 41.4 Å². The Labute approximate surface area is 179 Å². The van der Waals surface area contributed by atoms with Crippen LogP contribution in [0.4, 0.5) is 0 Å². The first-order valence-electron chi connectivity index (χ1n) is 8.92. The quantitative estimate of drug-likeness (QED) is 0.623. The number of carboxylic acids is 1. The number of carboxylic acid groups (broad SMARTS) is 1. The molecule has 2 atom stereocenters. The summed E-state index contributed by atoms with van der Waals surface area (Å²) in [7, 11) is 3.35. The average Bonchev–Trinajstić information content (AvgIpc) is 2.71. The van der Waals surface area contributed by atoms with Crippen molar-refractivity contribution in [1.29, 1.82) is 0 Å². The van der Waals surface area contributed by atoms with Gasteiger partial charge in [0.05, 0.1) is 0 Å². The minimum Gasteiger partial charge on any atom is -0.490 e. The van der Waals surface area contributed by atoms with Gasteiger partial charge in [-0.25, -0.2) is 4.79 Å². The Morgan fingerprint density at radius 3 is 2.38 bits per heavy atom. The molecule has 0 unspecified atom stereocenters. The number of hydrogen-bond acceptors (Lipinski definition) is 6. The molecule has 1 heterocycles. The molecule has 0 aromatic heterocycles. The molecule has 2 amide bonds. The Kier molecular flexibility index (Phi) is 7.65. The molecule has 1 aliphatic heterocycles. The maximum absolute atomic E-state index is 13.2. The standard InChI is InChI=1S/C20H26N2O5S2/c1-13(18(24)25)10-11-27-15-8-6-14(7-9-15)12-20(29-5)19(26)21(2)17(28-4)16(23)22(20)3/h6-10,17H,11-12H2,1-5H3,(H,24,25)/b13-10-/t17-,20-/m1/s1. The lowest BCUT2D eigenvalue weighted by molar-refractivity contribution is -0.156. The Morgan fingerprint density at radius 1 is 1.24 bits per heavy atom. The third-order valence-electron chi connectivity index (χ3n) is 4.99. The van der Waals surface area contributed by atoms with E-state index < -0.39 is 16.2 Å². The van der Waals surface area contributed by atoms with Gasteiger partial charge in [-0.05, 0) is 43.2 Å². The van der Waals surface area contributed by atoms with Crippen LogP contribution < -0.4 is 4.74 Å². The summed E-state index contributed by atoms with van der Waals surface area (Å²) in [6.45, 7) is 1.66. The second kappa shape index (κ2) is 9.58. The van der Waals surface area contributed by atoms with Crippen LogP contribution in [0.15, 0.2) is 35.9 Å². The molecule has 158 valence electrons. The lowest BCUT2D eigenvalue weighted by Crippen LogP contribution is -2.68. The van der Waals surface area contributed by atoms with Crippen LogP contribution in [0.25, 0.3) is 0 Å². The summed E-state index contributed by atoms with van der Waals surface area (Å²) in [6.07, 6.45) is 5.53. The van der Waals surface area contributed by atoms with E-state index in [1.807, 2.05) is 24.6 Å². The highest BCUT2D eigenvalue weighted by Crippen LogP contribution is 2.39. The van der Waals surface area contributed by atoms with E-state index >= 15 is 0 Å². The fraction of sp³-hybridized carbons (Fsp3) is 0.450. The number of nitrogens with zero attached hydrogens (tertiary/aromatic N) is 2. The first kappa shape index (κ1) is 23.2. The van der Waals surface area contributed by atoms with Crippen molar-refractivity contribution in [1.82, 2.24) is 9.80 Å². The van der Waals surface area contributed by atoms with Crippen LogP contribution in [0, 0.1) is 0 Å². The SMILES string of the molecule is CS[C@@H]1C(=O)N(C)[C@](Cc2ccc(OC/C=C(/C)C(=O)O)cc2)(SC)C(=O)N1C. The van der Waals surface area contributed by atoms with E-state index in [0.717, 1.165) is 5.56 Å². The predicted octanol–water partition coefficient (Wildman–Crippen LogP) is 2.32. The van der Waals surface area contributed by atoms with E-state index in [0.29, 0.717) is 12.2 Å². The fourth-order valence-electron chi connectivity index (χ4n) is 3.11. The van der Waals surface area contributed by atoms with Crippen molar-refractivity contribution in [2.24, 2.45) is 0 Å². The summed E-state index contributed by atoms with van der Waals surface area (Å²) in [5.74, 6) is -0.563. The van der Waals surface area contributed by atoms with Crippen molar-refractivity contribution in [3.63, 3.8) is 0 Å². The van der Waals surface area contributed by atoms with Crippen molar-refractivity contribution in [3.05, 3.63) is 41.5 Å². The first-order valence-corrected chi connectivity index (χ1v) is 11.4. The molecule has 1 aromatic carbocycles. The maximum Gasteiger partial charge on any atom is 0.331 e. The van der Waals surface area contributed by atoms with Crippen LogP contribution in [0.2, 0.25) is 0 Å². The summed E-state index contributed by atoms with van der Waals surface area (Å²) >= 11 is 2.71. The van der Waals surface area contributed by atoms with Crippen LogP contribution in [-0.4, -0.2) is 76.1 Å². The number of amides is 2. The monoisotopic (exact) mass is 438 g/mol. The average molecular weight is 439 g/mol. The van der Waals surface area contributed by atoms with E-state index in [-0.39, 0.29) is 24.0 Å². The van der Waals surface area contributed by atoms with Gasteiger partial charge in [0.25, 0.3) is 11.8 Å². The largest absolute Gasteiger partial charge is 0.490 e. The Morgan fingerprint density at radius 2 is 1.86 bits per heavy atom.